The first-order valence-corrected chi connectivity index (χ1v) is 8.66. The van der Waals surface area contributed by atoms with Crippen LogP contribution < -0.4 is 15.8 Å². The van der Waals surface area contributed by atoms with Gasteiger partial charge >= 0.3 is 0 Å². The number of amides is 1. The molecule has 0 spiro atoms. The molecule has 0 aromatic heterocycles. The zero-order valence-electron chi connectivity index (χ0n) is 13.0. The van der Waals surface area contributed by atoms with Crippen LogP contribution in [0.4, 0.5) is 5.69 Å². The number of halogens is 1. The number of benzene rings is 1. The van der Waals surface area contributed by atoms with E-state index in [0.29, 0.717) is 18.0 Å². The van der Waals surface area contributed by atoms with Crippen molar-refractivity contribution in [2.45, 2.75) is 32.9 Å². The van der Waals surface area contributed by atoms with Crippen molar-refractivity contribution in [3.8, 4) is 0 Å². The van der Waals surface area contributed by atoms with Gasteiger partial charge in [-0.3, -0.25) is 4.79 Å². The van der Waals surface area contributed by atoms with Crippen molar-refractivity contribution >= 4 is 34.0 Å². The number of rotatable bonds is 7. The van der Waals surface area contributed by atoms with Gasteiger partial charge in [-0.25, -0.2) is 13.1 Å². The lowest BCUT2D eigenvalue weighted by atomic mass is 10.0. The summed E-state index contributed by atoms with van der Waals surface area (Å²) in [6.07, 6.45) is 1.74. The third-order valence-corrected chi connectivity index (χ3v) is 3.49. The van der Waals surface area contributed by atoms with Crippen LogP contribution in [0.5, 0.6) is 0 Å². The number of hydrogen-bond acceptors (Lipinski definition) is 4. The zero-order chi connectivity index (χ0) is 16.0. The Hall–Kier alpha value is -1.15. The molecule has 4 N–H and O–H groups in total. The monoisotopic (exact) mass is 349 g/mol. The van der Waals surface area contributed by atoms with Crippen LogP contribution in [-0.2, 0) is 21.4 Å². The lowest BCUT2D eigenvalue weighted by Gasteiger charge is -2.14. The molecular weight excluding hydrogens is 326 g/mol. The largest absolute Gasteiger partial charge is 0.325 e. The van der Waals surface area contributed by atoms with Gasteiger partial charge in [0.05, 0.1) is 12.3 Å². The van der Waals surface area contributed by atoms with Gasteiger partial charge in [0.15, 0.2) is 0 Å². The maximum atomic E-state index is 11.9. The van der Waals surface area contributed by atoms with Crippen LogP contribution >= 0.6 is 12.4 Å². The molecular formula is C14H24ClN3O3S. The summed E-state index contributed by atoms with van der Waals surface area (Å²) >= 11 is 0. The molecule has 0 bridgehead atoms. The van der Waals surface area contributed by atoms with Crippen molar-refractivity contribution in [3.63, 3.8) is 0 Å². The number of hydrogen-bond donors (Lipinski definition) is 3. The first-order valence-electron chi connectivity index (χ1n) is 6.77. The van der Waals surface area contributed by atoms with Gasteiger partial charge in [0, 0.05) is 12.2 Å². The van der Waals surface area contributed by atoms with E-state index < -0.39 is 16.1 Å². The van der Waals surface area contributed by atoms with E-state index in [9.17, 15) is 13.2 Å². The van der Waals surface area contributed by atoms with Crippen molar-refractivity contribution in [2.24, 2.45) is 11.7 Å². The molecule has 8 heteroatoms. The fourth-order valence-electron chi connectivity index (χ4n) is 1.77. The number of carbonyl (C=O) groups excluding carboxylic acids is 1. The Morgan fingerprint density at radius 2 is 1.77 bits per heavy atom. The van der Waals surface area contributed by atoms with E-state index >= 15 is 0 Å². The van der Waals surface area contributed by atoms with Gasteiger partial charge < -0.3 is 11.1 Å². The van der Waals surface area contributed by atoms with Crippen molar-refractivity contribution < 1.29 is 13.2 Å². The summed E-state index contributed by atoms with van der Waals surface area (Å²) in [5, 5.41) is 2.74. The highest BCUT2D eigenvalue weighted by molar-refractivity contribution is 7.88. The highest BCUT2D eigenvalue weighted by Gasteiger charge is 2.14. The maximum Gasteiger partial charge on any atom is 0.241 e. The summed E-state index contributed by atoms with van der Waals surface area (Å²) in [6, 6.07) is 6.42. The summed E-state index contributed by atoms with van der Waals surface area (Å²) in [7, 11) is -3.21. The molecule has 0 heterocycles. The molecule has 0 saturated heterocycles. The minimum absolute atomic E-state index is 0. The third kappa shape index (κ3) is 8.33. The molecule has 0 aliphatic carbocycles. The first-order chi connectivity index (χ1) is 9.67. The molecule has 0 saturated carbocycles. The van der Waals surface area contributed by atoms with Gasteiger partial charge in [-0.05, 0) is 30.0 Å². The second kappa shape index (κ2) is 9.09. The van der Waals surface area contributed by atoms with Crippen molar-refractivity contribution in [1.82, 2.24) is 4.72 Å². The number of nitrogens with two attached hydrogens (primary N) is 1. The number of sulfonamides is 1. The predicted molar refractivity (Wildman–Crippen MR) is 91.4 cm³/mol. The Kier molecular flexibility index (Phi) is 8.62. The molecule has 1 aromatic carbocycles. The van der Waals surface area contributed by atoms with Crippen LogP contribution in [0.2, 0.25) is 0 Å². The standard InChI is InChI=1S/C14H23N3O3S.ClH/c1-10(2)8-13(15)14(18)17-12-6-4-11(5-7-12)9-16-21(3,19)20;/h4-7,10,13,16H,8-9,15H2,1-3H3,(H,17,18);1H/t13-;/m0./s1. The van der Waals surface area contributed by atoms with Crippen LogP contribution in [0.3, 0.4) is 0 Å². The van der Waals surface area contributed by atoms with E-state index in [0.717, 1.165) is 11.8 Å². The number of nitrogens with one attached hydrogen (secondary N) is 2. The molecule has 0 aliphatic rings. The highest BCUT2D eigenvalue weighted by Crippen LogP contribution is 2.11. The fourth-order valence-corrected chi connectivity index (χ4v) is 2.20. The summed E-state index contributed by atoms with van der Waals surface area (Å²) in [4.78, 5) is 11.9. The van der Waals surface area contributed by atoms with Gasteiger partial charge in [-0.1, -0.05) is 26.0 Å². The lowest BCUT2D eigenvalue weighted by Crippen LogP contribution is -2.36. The van der Waals surface area contributed by atoms with E-state index in [4.69, 9.17) is 5.73 Å². The SMILES string of the molecule is CC(C)C[C@H](N)C(=O)Nc1ccc(CNS(C)(=O)=O)cc1.Cl. The van der Waals surface area contributed by atoms with Gasteiger partial charge in [-0.15, -0.1) is 12.4 Å². The van der Waals surface area contributed by atoms with E-state index in [1.165, 1.54) is 0 Å². The lowest BCUT2D eigenvalue weighted by molar-refractivity contribution is -0.117. The average molecular weight is 350 g/mol. The Morgan fingerprint density at radius 1 is 1.23 bits per heavy atom. The third-order valence-electron chi connectivity index (χ3n) is 2.82. The molecule has 126 valence electrons. The number of anilines is 1. The van der Waals surface area contributed by atoms with Gasteiger partial charge in [0.1, 0.15) is 0 Å². The van der Waals surface area contributed by atoms with E-state index in [-0.39, 0.29) is 24.9 Å². The Labute approximate surface area is 138 Å². The van der Waals surface area contributed by atoms with Crippen LogP contribution in [0.25, 0.3) is 0 Å². The molecule has 0 unspecified atom stereocenters. The molecule has 1 amide bonds. The quantitative estimate of drug-likeness (QED) is 0.693. The summed E-state index contributed by atoms with van der Waals surface area (Å²) < 4.78 is 24.4. The van der Waals surface area contributed by atoms with Gasteiger partial charge in [0.2, 0.25) is 15.9 Å². The van der Waals surface area contributed by atoms with Crippen molar-refractivity contribution in [3.05, 3.63) is 29.8 Å². The normalized spacial score (nSPS) is 12.6. The Bertz CT molecular complexity index is 574. The summed E-state index contributed by atoms with van der Waals surface area (Å²) in [6.45, 7) is 4.24. The van der Waals surface area contributed by atoms with Gasteiger partial charge in [0.25, 0.3) is 0 Å². The van der Waals surface area contributed by atoms with Crippen molar-refractivity contribution in [2.75, 3.05) is 11.6 Å². The second-order valence-electron chi connectivity index (χ2n) is 5.52. The fraction of sp³-hybridized carbons (Fsp3) is 0.500. The van der Waals surface area contributed by atoms with Crippen LogP contribution in [0.1, 0.15) is 25.8 Å². The minimum atomic E-state index is -3.21. The number of carbonyl (C=O) groups is 1. The molecule has 0 radical (unpaired) electrons. The van der Waals surface area contributed by atoms with Crippen LogP contribution in [-0.4, -0.2) is 26.6 Å². The summed E-state index contributed by atoms with van der Waals surface area (Å²) in [5.41, 5.74) is 7.25. The smallest absolute Gasteiger partial charge is 0.241 e. The predicted octanol–water partition coefficient (Wildman–Crippen LogP) is 1.47. The molecule has 22 heavy (non-hydrogen) atoms. The molecule has 0 aliphatic heterocycles. The van der Waals surface area contributed by atoms with E-state index in [1.54, 1.807) is 24.3 Å². The first kappa shape index (κ1) is 20.9. The minimum Gasteiger partial charge on any atom is -0.325 e. The summed E-state index contributed by atoms with van der Waals surface area (Å²) in [5.74, 6) is 0.140. The highest BCUT2D eigenvalue weighted by atomic mass is 35.5. The average Bonchev–Trinajstić information content (AvgIpc) is 2.36. The maximum absolute atomic E-state index is 11.9. The Morgan fingerprint density at radius 3 is 2.23 bits per heavy atom. The topological polar surface area (TPSA) is 101 Å². The van der Waals surface area contributed by atoms with E-state index in [2.05, 4.69) is 10.0 Å². The van der Waals surface area contributed by atoms with E-state index in [1.807, 2.05) is 13.8 Å². The van der Waals surface area contributed by atoms with Crippen molar-refractivity contribution in [1.29, 1.82) is 0 Å². The van der Waals surface area contributed by atoms with Gasteiger partial charge in [-0.2, -0.15) is 0 Å². The molecule has 1 atom stereocenters. The molecule has 1 aromatic rings. The zero-order valence-corrected chi connectivity index (χ0v) is 14.6. The second-order valence-corrected chi connectivity index (χ2v) is 7.35. The molecule has 6 nitrogen and oxygen atoms in total. The Balaban J connectivity index is 0.00000441. The van der Waals surface area contributed by atoms with Crippen LogP contribution in [0, 0.1) is 5.92 Å². The molecule has 0 fully saturated rings. The van der Waals surface area contributed by atoms with Crippen LogP contribution in [0.15, 0.2) is 24.3 Å². The molecule has 1 rings (SSSR count).